The molecule has 1 atom stereocenters. The van der Waals surface area contributed by atoms with Crippen LogP contribution >= 0.6 is 0 Å². The Hall–Kier alpha value is -2.22. The quantitative estimate of drug-likeness (QED) is 0.666. The van der Waals surface area contributed by atoms with Gasteiger partial charge in [-0.05, 0) is 25.2 Å². The van der Waals surface area contributed by atoms with Crippen LogP contribution in [0.2, 0.25) is 0 Å². The van der Waals surface area contributed by atoms with Gasteiger partial charge in [0.15, 0.2) is 0 Å². The van der Waals surface area contributed by atoms with Gasteiger partial charge >= 0.3 is 0 Å². The van der Waals surface area contributed by atoms with Crippen LogP contribution in [-0.2, 0) is 9.53 Å². The molecule has 2 aliphatic rings. The molecule has 160 valence electrons. The average molecular weight is 404 g/mol. The molecule has 0 bridgehead atoms. The Morgan fingerprint density at radius 1 is 1.28 bits per heavy atom. The molecule has 1 saturated carbocycles. The Bertz CT molecular complexity index is 718. The summed E-state index contributed by atoms with van der Waals surface area (Å²) >= 11 is 0. The second-order valence-corrected chi connectivity index (χ2v) is 8.29. The molecule has 2 fully saturated rings. The molecule has 0 spiro atoms. The highest BCUT2D eigenvalue weighted by atomic mass is 16.5. The number of hydrogen-bond acceptors (Lipinski definition) is 6. The molecule has 3 rings (SSSR count). The molecule has 1 aromatic heterocycles. The zero-order valence-electron chi connectivity index (χ0n) is 17.8. The Morgan fingerprint density at radius 2 is 2.03 bits per heavy atom. The first kappa shape index (κ1) is 21.5. The Balaban J connectivity index is 1.72. The second-order valence-electron chi connectivity index (χ2n) is 8.29. The molecule has 1 aliphatic carbocycles. The number of carbonyl (C=O) groups is 2. The number of aromatic nitrogens is 2. The molecule has 2 heterocycles. The van der Waals surface area contributed by atoms with Crippen molar-refractivity contribution in [1.29, 1.82) is 0 Å². The van der Waals surface area contributed by atoms with Crippen LogP contribution < -0.4 is 10.2 Å². The van der Waals surface area contributed by atoms with E-state index >= 15 is 0 Å². The van der Waals surface area contributed by atoms with E-state index in [2.05, 4.69) is 15.3 Å². The Kier molecular flexibility index (Phi) is 7.41. The number of anilines is 1. The molecule has 2 amide bonds. The molecule has 8 nitrogen and oxygen atoms in total. The smallest absolute Gasteiger partial charge is 0.254 e. The van der Waals surface area contributed by atoms with Gasteiger partial charge in [0, 0.05) is 59.4 Å². The third kappa shape index (κ3) is 5.44. The molecule has 8 heteroatoms. The van der Waals surface area contributed by atoms with E-state index in [4.69, 9.17) is 4.74 Å². The number of likely N-dealkylation sites (tertiary alicyclic amines) is 1. The highest BCUT2D eigenvalue weighted by molar-refractivity contribution is 5.95. The lowest BCUT2D eigenvalue weighted by molar-refractivity contribution is -0.131. The van der Waals surface area contributed by atoms with Gasteiger partial charge in [0.25, 0.3) is 5.91 Å². The number of rotatable bonds is 8. The summed E-state index contributed by atoms with van der Waals surface area (Å²) < 4.78 is 5.01. The van der Waals surface area contributed by atoms with Crippen molar-refractivity contribution < 1.29 is 14.3 Å². The van der Waals surface area contributed by atoms with E-state index in [0.29, 0.717) is 43.5 Å². The lowest BCUT2D eigenvalue weighted by Crippen LogP contribution is -2.31. The number of carbonyl (C=O) groups excluding carboxylic acids is 2. The number of amides is 2. The molecular weight excluding hydrogens is 370 g/mol. The summed E-state index contributed by atoms with van der Waals surface area (Å²) in [5.41, 5.74) is 1.22. The summed E-state index contributed by atoms with van der Waals surface area (Å²) in [6, 6.07) is 0. The fraction of sp³-hybridized carbons (Fsp3) is 0.714. The summed E-state index contributed by atoms with van der Waals surface area (Å²) in [6.07, 6.45) is 7.91. The molecule has 1 aliphatic heterocycles. The van der Waals surface area contributed by atoms with E-state index < -0.39 is 0 Å². The SMILES string of the molecule is COCCNC(=O)c1cnc(N(C)C)nc1C1CCN(C(=O)CC2CCCC2)C1. The van der Waals surface area contributed by atoms with Crippen molar-refractivity contribution in [2.75, 3.05) is 52.3 Å². The minimum atomic E-state index is -0.196. The van der Waals surface area contributed by atoms with Crippen molar-refractivity contribution in [1.82, 2.24) is 20.2 Å². The molecule has 0 radical (unpaired) electrons. The van der Waals surface area contributed by atoms with Crippen LogP contribution in [0.1, 0.15) is 60.5 Å². The van der Waals surface area contributed by atoms with Gasteiger partial charge in [0.05, 0.1) is 17.9 Å². The monoisotopic (exact) mass is 403 g/mol. The lowest BCUT2D eigenvalue weighted by atomic mass is 9.99. The zero-order valence-corrected chi connectivity index (χ0v) is 17.8. The van der Waals surface area contributed by atoms with Crippen LogP contribution in [0.4, 0.5) is 5.95 Å². The molecule has 29 heavy (non-hydrogen) atoms. The van der Waals surface area contributed by atoms with Crippen LogP contribution in [0.25, 0.3) is 0 Å². The zero-order chi connectivity index (χ0) is 20.8. The van der Waals surface area contributed by atoms with Gasteiger partial charge in [-0.2, -0.15) is 0 Å². The average Bonchev–Trinajstić information content (AvgIpc) is 3.39. The third-order valence-electron chi connectivity index (χ3n) is 5.91. The van der Waals surface area contributed by atoms with Gasteiger partial charge in [-0.25, -0.2) is 9.97 Å². The van der Waals surface area contributed by atoms with Crippen molar-refractivity contribution >= 4 is 17.8 Å². The van der Waals surface area contributed by atoms with Gasteiger partial charge < -0.3 is 19.9 Å². The van der Waals surface area contributed by atoms with Gasteiger partial charge in [-0.3, -0.25) is 9.59 Å². The van der Waals surface area contributed by atoms with Crippen LogP contribution in [0.5, 0.6) is 0 Å². The molecule has 1 saturated heterocycles. The van der Waals surface area contributed by atoms with Gasteiger partial charge in [0.2, 0.25) is 11.9 Å². The van der Waals surface area contributed by atoms with Crippen LogP contribution in [0.15, 0.2) is 6.20 Å². The van der Waals surface area contributed by atoms with E-state index in [9.17, 15) is 9.59 Å². The van der Waals surface area contributed by atoms with E-state index in [1.54, 1.807) is 13.3 Å². The normalized spacial score (nSPS) is 19.6. The van der Waals surface area contributed by atoms with Crippen LogP contribution in [-0.4, -0.2) is 74.1 Å². The Labute approximate surface area is 173 Å². The molecule has 1 N–H and O–H groups in total. The standard InChI is InChI=1S/C21H33N5O3/c1-25(2)21-23-13-17(20(28)22-9-11-29-3)19(24-21)16-8-10-26(14-16)18(27)12-15-6-4-5-7-15/h13,15-16H,4-12,14H2,1-3H3,(H,22,28). The van der Waals surface area contributed by atoms with E-state index in [1.165, 1.54) is 25.7 Å². The first-order valence-corrected chi connectivity index (χ1v) is 10.6. The number of hydrogen-bond donors (Lipinski definition) is 1. The molecule has 0 aromatic carbocycles. The summed E-state index contributed by atoms with van der Waals surface area (Å²) in [6.45, 7) is 2.22. The first-order chi connectivity index (χ1) is 14.0. The topological polar surface area (TPSA) is 87.7 Å². The third-order valence-corrected chi connectivity index (χ3v) is 5.91. The maximum absolute atomic E-state index is 12.7. The van der Waals surface area contributed by atoms with Crippen molar-refractivity contribution in [3.8, 4) is 0 Å². The molecular formula is C21H33N5O3. The predicted molar refractivity (Wildman–Crippen MR) is 111 cm³/mol. The maximum Gasteiger partial charge on any atom is 0.254 e. The second kappa shape index (κ2) is 10.0. The summed E-state index contributed by atoms with van der Waals surface area (Å²) in [4.78, 5) is 38.2. The van der Waals surface area contributed by atoms with E-state index in [0.717, 1.165) is 18.7 Å². The summed E-state index contributed by atoms with van der Waals surface area (Å²) in [5.74, 6) is 1.21. The van der Waals surface area contributed by atoms with Gasteiger partial charge in [-0.1, -0.05) is 12.8 Å². The first-order valence-electron chi connectivity index (χ1n) is 10.6. The van der Waals surface area contributed by atoms with E-state index in [1.807, 2.05) is 23.9 Å². The predicted octanol–water partition coefficient (Wildman–Crippen LogP) is 1.81. The van der Waals surface area contributed by atoms with Crippen LogP contribution in [0, 0.1) is 5.92 Å². The maximum atomic E-state index is 12.7. The number of ether oxygens (including phenoxy) is 1. The number of nitrogens with one attached hydrogen (secondary N) is 1. The minimum Gasteiger partial charge on any atom is -0.383 e. The highest BCUT2D eigenvalue weighted by Gasteiger charge is 2.32. The number of nitrogens with zero attached hydrogens (tertiary/aromatic N) is 4. The fourth-order valence-corrected chi connectivity index (χ4v) is 4.25. The lowest BCUT2D eigenvalue weighted by Gasteiger charge is -2.20. The Morgan fingerprint density at radius 3 is 2.72 bits per heavy atom. The van der Waals surface area contributed by atoms with Gasteiger partial charge in [-0.15, -0.1) is 0 Å². The van der Waals surface area contributed by atoms with Crippen molar-refractivity contribution in [3.05, 3.63) is 17.5 Å². The number of methoxy groups -OCH3 is 1. The largest absolute Gasteiger partial charge is 0.383 e. The van der Waals surface area contributed by atoms with Gasteiger partial charge in [0.1, 0.15) is 0 Å². The highest BCUT2D eigenvalue weighted by Crippen LogP contribution is 2.32. The fourth-order valence-electron chi connectivity index (χ4n) is 4.25. The van der Waals surface area contributed by atoms with Crippen LogP contribution in [0.3, 0.4) is 0 Å². The molecule has 1 aromatic rings. The minimum absolute atomic E-state index is 0.0485. The van der Waals surface area contributed by atoms with Crippen molar-refractivity contribution in [2.45, 2.75) is 44.4 Å². The summed E-state index contributed by atoms with van der Waals surface area (Å²) in [7, 11) is 5.36. The molecule has 1 unspecified atom stereocenters. The van der Waals surface area contributed by atoms with Crippen molar-refractivity contribution in [3.63, 3.8) is 0 Å². The van der Waals surface area contributed by atoms with E-state index in [-0.39, 0.29) is 17.7 Å². The summed E-state index contributed by atoms with van der Waals surface area (Å²) in [5, 5.41) is 2.86. The van der Waals surface area contributed by atoms with Crippen molar-refractivity contribution in [2.24, 2.45) is 5.92 Å².